The maximum absolute atomic E-state index is 4.61. The van der Waals surface area contributed by atoms with Gasteiger partial charge in [-0.15, -0.1) is 0 Å². The van der Waals surface area contributed by atoms with Crippen molar-refractivity contribution in [2.75, 3.05) is 5.32 Å². The molecule has 0 aliphatic carbocycles. The molecule has 5 aromatic rings. The number of hydrogen-bond acceptors (Lipinski definition) is 3. The molecule has 0 amide bonds. The Morgan fingerprint density at radius 2 is 1.68 bits per heavy atom. The Balaban J connectivity index is 1.54. The van der Waals surface area contributed by atoms with E-state index >= 15 is 0 Å². The van der Waals surface area contributed by atoms with Gasteiger partial charge in [-0.1, -0.05) is 30.3 Å². The van der Waals surface area contributed by atoms with Gasteiger partial charge in [-0.05, 0) is 35.9 Å². The summed E-state index contributed by atoms with van der Waals surface area (Å²) in [6.07, 6.45) is 7.78. The van der Waals surface area contributed by atoms with Gasteiger partial charge in [0.2, 0.25) is 0 Å². The van der Waals surface area contributed by atoms with E-state index in [0.29, 0.717) is 0 Å². The van der Waals surface area contributed by atoms with Gasteiger partial charge in [0, 0.05) is 41.1 Å². The molecule has 0 radical (unpaired) electrons. The van der Waals surface area contributed by atoms with Crippen LogP contribution in [-0.4, -0.2) is 19.5 Å². The van der Waals surface area contributed by atoms with Gasteiger partial charge in [0.25, 0.3) is 0 Å². The molecule has 3 aromatic heterocycles. The largest absolute Gasteiger partial charge is 0.374 e. The van der Waals surface area contributed by atoms with Crippen molar-refractivity contribution in [1.82, 2.24) is 19.5 Å². The summed E-state index contributed by atoms with van der Waals surface area (Å²) in [7, 11) is 0. The van der Waals surface area contributed by atoms with Crippen LogP contribution in [0.5, 0.6) is 0 Å². The van der Waals surface area contributed by atoms with Crippen LogP contribution in [0.3, 0.4) is 0 Å². The Morgan fingerprint density at radius 1 is 0.857 bits per heavy atom. The molecule has 4 heterocycles. The number of nitrogens with one attached hydrogen (secondary N) is 2. The number of benzene rings is 2. The molecular weight excluding hydrogens is 346 g/mol. The molecule has 1 unspecified atom stereocenters. The van der Waals surface area contributed by atoms with Gasteiger partial charge in [-0.3, -0.25) is 0 Å². The third-order valence-corrected chi connectivity index (χ3v) is 5.42. The summed E-state index contributed by atoms with van der Waals surface area (Å²) in [4.78, 5) is 12.4. The Bertz CT molecular complexity index is 1280. The minimum absolute atomic E-state index is 0.0147. The predicted molar refractivity (Wildman–Crippen MR) is 111 cm³/mol. The lowest BCUT2D eigenvalue weighted by Crippen LogP contribution is -2.11. The molecule has 1 atom stereocenters. The van der Waals surface area contributed by atoms with E-state index in [4.69, 9.17) is 0 Å². The van der Waals surface area contributed by atoms with Crippen molar-refractivity contribution in [3.63, 3.8) is 0 Å². The molecule has 1 aliphatic heterocycles. The van der Waals surface area contributed by atoms with Crippen LogP contribution >= 0.6 is 0 Å². The number of anilines is 1. The zero-order valence-corrected chi connectivity index (χ0v) is 15.0. The minimum Gasteiger partial charge on any atom is -0.374 e. The summed E-state index contributed by atoms with van der Waals surface area (Å²) in [5.41, 5.74) is 7.52. The third-order valence-electron chi connectivity index (χ3n) is 5.42. The van der Waals surface area contributed by atoms with E-state index in [1.54, 1.807) is 6.33 Å². The Hall–Kier alpha value is -3.86. The fourth-order valence-corrected chi connectivity index (χ4v) is 4.08. The van der Waals surface area contributed by atoms with Gasteiger partial charge >= 0.3 is 0 Å². The topological polar surface area (TPSA) is 58.5 Å². The molecule has 0 bridgehead atoms. The molecule has 0 saturated carbocycles. The fraction of sp³-hybridized carbons (Fsp3) is 0.0435. The van der Waals surface area contributed by atoms with E-state index in [1.165, 1.54) is 5.56 Å². The maximum atomic E-state index is 4.61. The molecule has 28 heavy (non-hydrogen) atoms. The van der Waals surface area contributed by atoms with Gasteiger partial charge in [-0.2, -0.15) is 0 Å². The number of aromatic nitrogens is 4. The number of H-pyrrole nitrogens is 1. The molecule has 0 saturated heterocycles. The summed E-state index contributed by atoms with van der Waals surface area (Å²) in [5.74, 6) is 0. The number of para-hydroxylation sites is 1. The van der Waals surface area contributed by atoms with Crippen LogP contribution in [0.4, 0.5) is 5.69 Å². The van der Waals surface area contributed by atoms with Crippen molar-refractivity contribution in [2.45, 2.75) is 6.04 Å². The molecule has 2 aromatic carbocycles. The highest BCUT2D eigenvalue weighted by Gasteiger charge is 2.26. The van der Waals surface area contributed by atoms with E-state index in [9.17, 15) is 0 Å². The molecule has 5 heteroatoms. The van der Waals surface area contributed by atoms with Gasteiger partial charge in [-0.25, -0.2) is 9.97 Å². The molecule has 1 aliphatic rings. The standard InChI is InChI=1S/C23H17N5/c1-2-6-19-17(5-1)22-20-18(13-24-23(20)26-14-25-22)21(27-19)15-7-9-16(10-8-15)28-11-3-4-12-28/h1-14,21,27H,(H,24,25,26). The lowest BCUT2D eigenvalue weighted by atomic mass is 9.98. The van der Waals surface area contributed by atoms with Crippen molar-refractivity contribution >= 4 is 16.7 Å². The molecule has 6 rings (SSSR count). The summed E-state index contributed by atoms with van der Waals surface area (Å²) >= 11 is 0. The summed E-state index contributed by atoms with van der Waals surface area (Å²) in [5, 5.41) is 4.81. The fourth-order valence-electron chi connectivity index (χ4n) is 4.08. The normalized spacial score (nSPS) is 15.1. The maximum Gasteiger partial charge on any atom is 0.141 e. The van der Waals surface area contributed by atoms with Crippen molar-refractivity contribution in [3.05, 3.63) is 96.7 Å². The van der Waals surface area contributed by atoms with Crippen molar-refractivity contribution in [1.29, 1.82) is 0 Å². The second-order valence-electron chi connectivity index (χ2n) is 6.99. The Morgan fingerprint density at radius 3 is 2.54 bits per heavy atom. The van der Waals surface area contributed by atoms with Gasteiger partial charge in [0.15, 0.2) is 0 Å². The van der Waals surface area contributed by atoms with Crippen LogP contribution in [0.25, 0.3) is 28.0 Å². The van der Waals surface area contributed by atoms with Crippen LogP contribution in [0.1, 0.15) is 17.2 Å². The van der Waals surface area contributed by atoms with Gasteiger partial charge in [0.05, 0.1) is 17.1 Å². The second-order valence-corrected chi connectivity index (χ2v) is 6.99. The third kappa shape index (κ3) is 2.19. The monoisotopic (exact) mass is 363 g/mol. The number of fused-ring (bicyclic) bond motifs is 2. The summed E-state index contributed by atoms with van der Waals surface area (Å²) in [6.45, 7) is 0. The average molecular weight is 363 g/mol. The second kappa shape index (κ2) is 5.82. The molecule has 134 valence electrons. The van der Waals surface area contributed by atoms with Crippen LogP contribution < -0.4 is 5.32 Å². The van der Waals surface area contributed by atoms with Crippen LogP contribution in [-0.2, 0) is 0 Å². The highest BCUT2D eigenvalue weighted by Crippen LogP contribution is 2.42. The molecule has 0 fully saturated rings. The van der Waals surface area contributed by atoms with Crippen LogP contribution in [0.2, 0.25) is 0 Å². The number of hydrogen-bond donors (Lipinski definition) is 2. The summed E-state index contributed by atoms with van der Waals surface area (Å²) < 4.78 is 2.11. The van der Waals surface area contributed by atoms with Gasteiger partial charge < -0.3 is 14.9 Å². The van der Waals surface area contributed by atoms with E-state index in [2.05, 4.69) is 79.7 Å². The number of nitrogens with zero attached hydrogens (tertiary/aromatic N) is 3. The lowest BCUT2D eigenvalue weighted by molar-refractivity contribution is 0.949. The minimum atomic E-state index is 0.0147. The first-order chi connectivity index (χ1) is 13.9. The molecule has 5 nitrogen and oxygen atoms in total. The highest BCUT2D eigenvalue weighted by molar-refractivity contribution is 5.99. The Labute approximate surface area is 161 Å². The summed E-state index contributed by atoms with van der Waals surface area (Å²) in [6, 6.07) is 21.1. The first-order valence-corrected chi connectivity index (χ1v) is 9.30. The predicted octanol–water partition coefficient (Wildman–Crippen LogP) is 4.93. The SMILES string of the molecule is c1ccc2c(c1)NC(c1ccc(-n3cccc3)cc1)c1c[nH]c3ncnc-2c13. The number of rotatable bonds is 2. The smallest absolute Gasteiger partial charge is 0.141 e. The van der Waals surface area contributed by atoms with Crippen LogP contribution in [0.15, 0.2) is 85.6 Å². The zero-order valence-electron chi connectivity index (χ0n) is 15.0. The van der Waals surface area contributed by atoms with E-state index < -0.39 is 0 Å². The van der Waals surface area contributed by atoms with Crippen molar-refractivity contribution < 1.29 is 0 Å². The van der Waals surface area contributed by atoms with Crippen molar-refractivity contribution in [2.24, 2.45) is 0 Å². The zero-order chi connectivity index (χ0) is 18.5. The van der Waals surface area contributed by atoms with E-state index in [0.717, 1.165) is 39.2 Å². The number of aromatic amines is 1. The Kier molecular flexibility index (Phi) is 3.17. The quantitative estimate of drug-likeness (QED) is 0.467. The first-order valence-electron chi connectivity index (χ1n) is 9.30. The molecule has 2 N–H and O–H groups in total. The highest BCUT2D eigenvalue weighted by atomic mass is 15.0. The molecular formula is C23H17N5. The van der Waals surface area contributed by atoms with Crippen LogP contribution in [0, 0.1) is 0 Å². The van der Waals surface area contributed by atoms with E-state index in [-0.39, 0.29) is 6.04 Å². The van der Waals surface area contributed by atoms with Crippen molar-refractivity contribution in [3.8, 4) is 16.9 Å². The first kappa shape index (κ1) is 15.2. The molecule has 0 spiro atoms. The average Bonchev–Trinajstić information content (AvgIpc) is 3.40. The lowest BCUT2D eigenvalue weighted by Gasteiger charge is -2.20. The van der Waals surface area contributed by atoms with Gasteiger partial charge in [0.1, 0.15) is 12.0 Å². The van der Waals surface area contributed by atoms with E-state index in [1.807, 2.05) is 24.4 Å².